The number of imidazole rings is 1. The van der Waals surface area contributed by atoms with Crippen LogP contribution in [0.5, 0.6) is 0 Å². The fourth-order valence-electron chi connectivity index (χ4n) is 4.90. The molecule has 166 valence electrons. The Balaban J connectivity index is 1.43. The van der Waals surface area contributed by atoms with Crippen LogP contribution in [0.4, 0.5) is 0 Å². The summed E-state index contributed by atoms with van der Waals surface area (Å²) in [5, 5.41) is 4.43. The van der Waals surface area contributed by atoms with Gasteiger partial charge in [-0.15, -0.1) is 11.6 Å². The van der Waals surface area contributed by atoms with Crippen LogP contribution >= 0.6 is 35.0 Å². The van der Waals surface area contributed by atoms with Crippen LogP contribution in [0, 0.1) is 6.92 Å². The Labute approximate surface area is 198 Å². The highest BCUT2D eigenvalue weighted by molar-refractivity contribution is 8.13. The number of nitrogens with zero attached hydrogens (tertiary/aromatic N) is 3. The highest BCUT2D eigenvalue weighted by atomic mass is 35.5. The van der Waals surface area contributed by atoms with Crippen LogP contribution in [-0.4, -0.2) is 38.3 Å². The van der Waals surface area contributed by atoms with E-state index in [1.807, 2.05) is 43.8 Å². The molecule has 5 rings (SSSR count). The summed E-state index contributed by atoms with van der Waals surface area (Å²) in [5.74, 6) is 0.298. The molecule has 5 nitrogen and oxygen atoms in total. The van der Waals surface area contributed by atoms with Gasteiger partial charge in [0, 0.05) is 17.1 Å². The molecule has 1 heterocycles. The third kappa shape index (κ3) is 4.67. The summed E-state index contributed by atoms with van der Waals surface area (Å²) in [6.45, 7) is 2.01. The molecule has 0 saturated heterocycles. The van der Waals surface area contributed by atoms with Gasteiger partial charge in [0.05, 0.1) is 29.0 Å². The quantitative estimate of drug-likeness (QED) is 0.235. The minimum absolute atomic E-state index is 0.0310. The van der Waals surface area contributed by atoms with E-state index in [2.05, 4.69) is 21.1 Å². The number of carbonyl (C=O) groups excluding carboxylic acids is 1. The van der Waals surface area contributed by atoms with E-state index in [-0.39, 0.29) is 22.9 Å². The standard InChI is InChI=1S/C23H28Cl2N4OS/c1-16-11-29(15-26-16)23-12-22(13-23,14-23)28-21(31-2)27-20(30)19(8-3-4-9-24)17-6-5-7-18(25)10-17/h5-7,10-11,15,19H,3-4,8-9,12-14H2,1-2H3,(H,27,28,30). The van der Waals surface area contributed by atoms with Crippen molar-refractivity contribution in [3.8, 4) is 0 Å². The molecular weight excluding hydrogens is 451 g/mol. The summed E-state index contributed by atoms with van der Waals surface area (Å²) in [4.78, 5) is 22.6. The Hall–Kier alpha value is -1.50. The van der Waals surface area contributed by atoms with Crippen LogP contribution in [0.3, 0.4) is 0 Å². The van der Waals surface area contributed by atoms with Crippen molar-refractivity contribution in [3.05, 3.63) is 53.1 Å². The first-order valence-corrected chi connectivity index (χ1v) is 12.8. The topological polar surface area (TPSA) is 59.3 Å². The monoisotopic (exact) mass is 478 g/mol. The molecule has 0 radical (unpaired) electrons. The first-order valence-electron chi connectivity index (χ1n) is 10.7. The lowest BCUT2D eigenvalue weighted by Gasteiger charge is -2.68. The number of thioether (sulfide) groups is 1. The number of rotatable bonds is 8. The van der Waals surface area contributed by atoms with E-state index in [0.29, 0.717) is 16.1 Å². The molecule has 8 heteroatoms. The molecule has 0 aliphatic heterocycles. The molecule has 1 N–H and O–H groups in total. The summed E-state index contributed by atoms with van der Waals surface area (Å²) in [5.41, 5.74) is 2.09. The Morgan fingerprint density at radius 2 is 2.13 bits per heavy atom. The molecule has 3 aliphatic rings. The van der Waals surface area contributed by atoms with Gasteiger partial charge in [0.1, 0.15) is 0 Å². The Kier molecular flexibility index (Phi) is 6.71. The van der Waals surface area contributed by atoms with Gasteiger partial charge in [-0.2, -0.15) is 0 Å². The number of benzene rings is 1. The maximum Gasteiger partial charge on any atom is 0.233 e. The van der Waals surface area contributed by atoms with E-state index in [1.54, 1.807) is 0 Å². The summed E-state index contributed by atoms with van der Waals surface area (Å²) in [6.07, 6.45) is 11.5. The van der Waals surface area contributed by atoms with Gasteiger partial charge in [-0.3, -0.25) is 9.79 Å². The minimum atomic E-state index is -0.271. The molecule has 1 atom stereocenters. The van der Waals surface area contributed by atoms with Crippen molar-refractivity contribution in [1.82, 2.24) is 14.9 Å². The third-order valence-electron chi connectivity index (χ3n) is 6.44. The van der Waals surface area contributed by atoms with Crippen molar-refractivity contribution in [2.24, 2.45) is 4.99 Å². The zero-order valence-corrected chi connectivity index (χ0v) is 20.2. The molecule has 2 bridgehead atoms. The number of halogens is 2. The second-order valence-corrected chi connectivity index (χ2v) is 10.4. The third-order valence-corrected chi connectivity index (χ3v) is 7.52. The van der Waals surface area contributed by atoms with E-state index in [0.717, 1.165) is 49.8 Å². The van der Waals surface area contributed by atoms with E-state index in [1.165, 1.54) is 11.8 Å². The van der Waals surface area contributed by atoms with E-state index < -0.39 is 0 Å². The van der Waals surface area contributed by atoms with Crippen LogP contribution in [-0.2, 0) is 10.3 Å². The van der Waals surface area contributed by atoms with Crippen molar-refractivity contribution in [2.45, 2.75) is 62.4 Å². The van der Waals surface area contributed by atoms with Gasteiger partial charge in [0.15, 0.2) is 5.17 Å². The number of aromatic nitrogens is 2. The number of aliphatic imine (C=N–C) groups is 1. The van der Waals surface area contributed by atoms with Gasteiger partial charge < -0.3 is 9.88 Å². The van der Waals surface area contributed by atoms with E-state index in [4.69, 9.17) is 28.2 Å². The highest BCUT2D eigenvalue weighted by Gasteiger charge is 2.69. The molecular formula is C23H28Cl2N4OS. The number of unbranched alkanes of at least 4 members (excludes halogenated alkanes) is 1. The van der Waals surface area contributed by atoms with Gasteiger partial charge in [0.2, 0.25) is 5.91 Å². The molecule has 0 spiro atoms. The summed E-state index contributed by atoms with van der Waals surface area (Å²) in [7, 11) is 0. The average molecular weight is 479 g/mol. The lowest BCUT2D eigenvalue weighted by Crippen LogP contribution is -2.71. The smallest absolute Gasteiger partial charge is 0.233 e. The molecule has 31 heavy (non-hydrogen) atoms. The van der Waals surface area contributed by atoms with E-state index in [9.17, 15) is 4.79 Å². The maximum atomic E-state index is 13.2. The Bertz CT molecular complexity index is 970. The molecule has 2 aromatic rings. The molecule has 1 unspecified atom stereocenters. The number of hydrogen-bond donors (Lipinski definition) is 1. The van der Waals surface area contributed by atoms with Gasteiger partial charge in [0.25, 0.3) is 0 Å². The number of amides is 1. The van der Waals surface area contributed by atoms with Crippen molar-refractivity contribution in [2.75, 3.05) is 12.1 Å². The average Bonchev–Trinajstić information content (AvgIpc) is 3.11. The number of alkyl halides is 1. The van der Waals surface area contributed by atoms with Crippen molar-refractivity contribution in [1.29, 1.82) is 0 Å². The molecule has 3 fully saturated rings. The zero-order chi connectivity index (χ0) is 22.1. The number of amidine groups is 1. The van der Waals surface area contributed by atoms with Crippen LogP contribution in [0.2, 0.25) is 5.02 Å². The minimum Gasteiger partial charge on any atom is -0.331 e. The predicted molar refractivity (Wildman–Crippen MR) is 129 cm³/mol. The molecule has 1 aromatic heterocycles. The van der Waals surface area contributed by atoms with Gasteiger partial charge >= 0.3 is 0 Å². The maximum absolute atomic E-state index is 13.2. The van der Waals surface area contributed by atoms with Crippen molar-refractivity contribution >= 4 is 46.0 Å². The Morgan fingerprint density at radius 3 is 2.74 bits per heavy atom. The molecule has 1 amide bonds. The van der Waals surface area contributed by atoms with Gasteiger partial charge in [-0.1, -0.05) is 41.9 Å². The van der Waals surface area contributed by atoms with Gasteiger partial charge in [-0.05, 0) is 63.0 Å². The fraction of sp³-hybridized carbons (Fsp3) is 0.522. The summed E-state index contributed by atoms with van der Waals surface area (Å²) >= 11 is 13.5. The largest absolute Gasteiger partial charge is 0.331 e. The van der Waals surface area contributed by atoms with Crippen LogP contribution in [0.25, 0.3) is 0 Å². The van der Waals surface area contributed by atoms with Crippen LogP contribution in [0.1, 0.15) is 55.7 Å². The zero-order valence-electron chi connectivity index (χ0n) is 17.9. The van der Waals surface area contributed by atoms with Crippen LogP contribution < -0.4 is 5.32 Å². The summed E-state index contributed by atoms with van der Waals surface area (Å²) in [6, 6.07) is 7.56. The van der Waals surface area contributed by atoms with Crippen molar-refractivity contribution < 1.29 is 4.79 Å². The first-order chi connectivity index (χ1) is 14.9. The second kappa shape index (κ2) is 9.16. The van der Waals surface area contributed by atoms with Gasteiger partial charge in [-0.25, -0.2) is 4.98 Å². The van der Waals surface area contributed by atoms with E-state index >= 15 is 0 Å². The van der Waals surface area contributed by atoms with Crippen molar-refractivity contribution in [3.63, 3.8) is 0 Å². The molecule has 1 aromatic carbocycles. The van der Waals surface area contributed by atoms with Crippen LogP contribution in [0.15, 0.2) is 41.8 Å². The SMILES string of the molecule is CSC(=NC12CC(n3cnc(C)c3)(C1)C2)NC(=O)C(CCCCCl)c1cccc(Cl)c1. The fourth-order valence-corrected chi connectivity index (χ4v) is 5.78. The normalized spacial score (nSPS) is 25.5. The highest BCUT2D eigenvalue weighted by Crippen LogP contribution is 2.67. The Morgan fingerprint density at radius 1 is 1.35 bits per heavy atom. The predicted octanol–water partition coefficient (Wildman–Crippen LogP) is 5.50. The number of nitrogens with one attached hydrogen (secondary N) is 1. The number of aryl methyl sites for hydroxylation is 1. The second-order valence-electron chi connectivity index (χ2n) is 8.80. The number of carbonyl (C=O) groups is 1. The number of hydrogen-bond acceptors (Lipinski definition) is 4. The molecule has 3 aliphatic carbocycles. The summed E-state index contributed by atoms with van der Waals surface area (Å²) < 4.78 is 2.24. The lowest BCUT2D eigenvalue weighted by atomic mass is 9.44. The lowest BCUT2D eigenvalue weighted by molar-refractivity contribution is -0.121. The first kappa shape index (κ1) is 22.7. The molecule has 3 saturated carbocycles.